The first-order valence-electron chi connectivity index (χ1n) is 5.26. The van der Waals surface area contributed by atoms with Crippen LogP contribution in [0.2, 0.25) is 0 Å². The van der Waals surface area contributed by atoms with Crippen LogP contribution in [-0.4, -0.2) is 5.97 Å². The van der Waals surface area contributed by atoms with Gasteiger partial charge in [-0.1, -0.05) is 20.4 Å². The van der Waals surface area contributed by atoms with E-state index < -0.39 is 0 Å². The highest BCUT2D eigenvalue weighted by Crippen LogP contribution is 2.19. The second kappa shape index (κ2) is 5.95. The van der Waals surface area contributed by atoms with E-state index in [1.54, 1.807) is 24.3 Å². The number of esters is 1. The van der Waals surface area contributed by atoms with Gasteiger partial charge in [0.1, 0.15) is 11.5 Å². The van der Waals surface area contributed by atoms with Crippen molar-refractivity contribution in [2.45, 2.75) is 20.3 Å². The molecule has 0 aliphatic rings. The molecule has 0 heterocycles. The molecule has 1 aromatic rings. The molecular formula is C13H16O3. The Kier molecular flexibility index (Phi) is 4.58. The van der Waals surface area contributed by atoms with E-state index in [1.807, 2.05) is 13.8 Å². The quantitative estimate of drug-likeness (QED) is 0.434. The summed E-state index contributed by atoms with van der Waals surface area (Å²) in [5, 5.41) is 0. The maximum absolute atomic E-state index is 11.5. The van der Waals surface area contributed by atoms with Crippen LogP contribution in [0.1, 0.15) is 20.3 Å². The van der Waals surface area contributed by atoms with Gasteiger partial charge in [0.2, 0.25) is 0 Å². The van der Waals surface area contributed by atoms with Gasteiger partial charge >= 0.3 is 5.97 Å². The molecule has 0 amide bonds. The molecular weight excluding hydrogens is 204 g/mol. The van der Waals surface area contributed by atoms with Crippen molar-refractivity contribution in [2.75, 3.05) is 0 Å². The minimum Gasteiger partial charge on any atom is -0.466 e. The number of rotatable bonds is 5. The normalized spacial score (nSPS) is 11.6. The molecule has 0 aliphatic heterocycles. The topological polar surface area (TPSA) is 35.5 Å². The van der Waals surface area contributed by atoms with Gasteiger partial charge in [0, 0.05) is 0 Å². The lowest BCUT2D eigenvalue weighted by Gasteiger charge is -2.09. The van der Waals surface area contributed by atoms with Gasteiger partial charge in [-0.15, -0.1) is 0 Å². The Hall–Kier alpha value is -1.77. The maximum atomic E-state index is 11.5. The molecule has 1 atom stereocenters. The van der Waals surface area contributed by atoms with Gasteiger partial charge in [-0.05, 0) is 30.7 Å². The lowest BCUT2D eigenvalue weighted by Crippen LogP contribution is -2.16. The summed E-state index contributed by atoms with van der Waals surface area (Å²) in [5.74, 6) is 0.907. The summed E-state index contributed by atoms with van der Waals surface area (Å²) in [5.41, 5.74) is 0. The van der Waals surface area contributed by atoms with E-state index in [2.05, 4.69) is 6.58 Å². The summed E-state index contributed by atoms with van der Waals surface area (Å²) in [6.07, 6.45) is 2.12. The van der Waals surface area contributed by atoms with Crippen LogP contribution in [0, 0.1) is 5.92 Å². The van der Waals surface area contributed by atoms with Crippen LogP contribution in [0.5, 0.6) is 11.5 Å². The first-order chi connectivity index (χ1) is 7.67. The second-order valence-corrected chi connectivity index (χ2v) is 3.49. The van der Waals surface area contributed by atoms with Gasteiger partial charge in [-0.3, -0.25) is 4.79 Å². The van der Waals surface area contributed by atoms with E-state index >= 15 is 0 Å². The van der Waals surface area contributed by atoms with E-state index in [4.69, 9.17) is 9.47 Å². The minimum absolute atomic E-state index is 0.0795. The van der Waals surface area contributed by atoms with Crippen molar-refractivity contribution in [1.82, 2.24) is 0 Å². The summed E-state index contributed by atoms with van der Waals surface area (Å²) < 4.78 is 10.2. The number of hydrogen-bond acceptors (Lipinski definition) is 3. The largest absolute Gasteiger partial charge is 0.466 e. The predicted molar refractivity (Wildman–Crippen MR) is 62.4 cm³/mol. The monoisotopic (exact) mass is 220 g/mol. The fraction of sp³-hybridized carbons (Fsp3) is 0.308. The molecule has 16 heavy (non-hydrogen) atoms. The van der Waals surface area contributed by atoms with Crippen LogP contribution in [0.3, 0.4) is 0 Å². The van der Waals surface area contributed by atoms with Crippen LogP contribution < -0.4 is 9.47 Å². The zero-order chi connectivity index (χ0) is 12.0. The molecule has 0 fully saturated rings. The molecule has 0 saturated carbocycles. The standard InChI is InChI=1S/C13H16O3/c1-4-10(3)13(14)16-12-8-6-11(7-9-12)15-5-2/h5-10H,2,4H2,1,3H3. The summed E-state index contributed by atoms with van der Waals surface area (Å²) in [4.78, 5) is 11.5. The fourth-order valence-corrected chi connectivity index (χ4v) is 1.07. The SMILES string of the molecule is C=COc1ccc(OC(=O)C(C)CC)cc1. The van der Waals surface area contributed by atoms with Crippen molar-refractivity contribution in [3.63, 3.8) is 0 Å². The molecule has 0 spiro atoms. The van der Waals surface area contributed by atoms with Crippen molar-refractivity contribution in [3.05, 3.63) is 37.1 Å². The Morgan fingerprint density at radius 1 is 1.38 bits per heavy atom. The number of carbonyl (C=O) groups is 1. The highest BCUT2D eigenvalue weighted by molar-refractivity contribution is 5.74. The summed E-state index contributed by atoms with van der Waals surface area (Å²) in [7, 11) is 0. The van der Waals surface area contributed by atoms with Crippen molar-refractivity contribution in [3.8, 4) is 11.5 Å². The smallest absolute Gasteiger partial charge is 0.314 e. The van der Waals surface area contributed by atoms with Gasteiger partial charge < -0.3 is 9.47 Å². The lowest BCUT2D eigenvalue weighted by molar-refractivity contribution is -0.138. The van der Waals surface area contributed by atoms with Crippen molar-refractivity contribution >= 4 is 5.97 Å². The Labute approximate surface area is 95.7 Å². The molecule has 0 N–H and O–H groups in total. The minimum atomic E-state index is -0.208. The van der Waals surface area contributed by atoms with Crippen LogP contribution in [0.4, 0.5) is 0 Å². The zero-order valence-corrected chi connectivity index (χ0v) is 9.60. The molecule has 86 valence electrons. The number of benzene rings is 1. The average Bonchev–Trinajstić information content (AvgIpc) is 2.31. The van der Waals surface area contributed by atoms with Crippen molar-refractivity contribution < 1.29 is 14.3 Å². The third kappa shape index (κ3) is 3.42. The summed E-state index contributed by atoms with van der Waals surface area (Å²) >= 11 is 0. The molecule has 3 heteroatoms. The highest BCUT2D eigenvalue weighted by Gasteiger charge is 2.12. The summed E-state index contributed by atoms with van der Waals surface area (Å²) in [6.45, 7) is 7.25. The zero-order valence-electron chi connectivity index (χ0n) is 9.60. The molecule has 0 bridgehead atoms. The third-order valence-electron chi connectivity index (χ3n) is 2.28. The Balaban J connectivity index is 2.61. The van der Waals surface area contributed by atoms with E-state index in [0.29, 0.717) is 11.5 Å². The van der Waals surface area contributed by atoms with E-state index in [1.165, 1.54) is 6.26 Å². The molecule has 0 aromatic heterocycles. The molecule has 1 rings (SSSR count). The van der Waals surface area contributed by atoms with Crippen LogP contribution >= 0.6 is 0 Å². The van der Waals surface area contributed by atoms with Crippen LogP contribution in [0.25, 0.3) is 0 Å². The molecule has 1 aromatic carbocycles. The Morgan fingerprint density at radius 3 is 2.44 bits per heavy atom. The number of carbonyl (C=O) groups excluding carboxylic acids is 1. The van der Waals surface area contributed by atoms with Crippen molar-refractivity contribution in [2.24, 2.45) is 5.92 Å². The van der Waals surface area contributed by atoms with E-state index in [-0.39, 0.29) is 11.9 Å². The van der Waals surface area contributed by atoms with Gasteiger partial charge in [0.15, 0.2) is 0 Å². The van der Waals surface area contributed by atoms with Gasteiger partial charge in [0.25, 0.3) is 0 Å². The van der Waals surface area contributed by atoms with Gasteiger partial charge in [-0.2, -0.15) is 0 Å². The van der Waals surface area contributed by atoms with E-state index in [0.717, 1.165) is 6.42 Å². The predicted octanol–water partition coefficient (Wildman–Crippen LogP) is 3.16. The average molecular weight is 220 g/mol. The molecule has 0 aliphatic carbocycles. The van der Waals surface area contributed by atoms with Crippen LogP contribution in [0.15, 0.2) is 37.1 Å². The van der Waals surface area contributed by atoms with E-state index in [9.17, 15) is 4.79 Å². The third-order valence-corrected chi connectivity index (χ3v) is 2.28. The summed E-state index contributed by atoms with van der Waals surface area (Å²) in [6, 6.07) is 6.83. The maximum Gasteiger partial charge on any atom is 0.314 e. The highest BCUT2D eigenvalue weighted by atomic mass is 16.5. The number of ether oxygens (including phenoxy) is 2. The number of hydrogen-bond donors (Lipinski definition) is 0. The fourth-order valence-electron chi connectivity index (χ4n) is 1.07. The lowest BCUT2D eigenvalue weighted by atomic mass is 10.1. The first kappa shape index (κ1) is 12.3. The molecule has 1 unspecified atom stereocenters. The molecule has 0 radical (unpaired) electrons. The molecule has 0 saturated heterocycles. The van der Waals surface area contributed by atoms with Crippen LogP contribution in [-0.2, 0) is 4.79 Å². The van der Waals surface area contributed by atoms with Gasteiger partial charge in [0.05, 0.1) is 12.2 Å². The molecule has 3 nitrogen and oxygen atoms in total. The second-order valence-electron chi connectivity index (χ2n) is 3.49. The van der Waals surface area contributed by atoms with Crippen molar-refractivity contribution in [1.29, 1.82) is 0 Å². The Bertz CT molecular complexity index is 354. The van der Waals surface area contributed by atoms with Gasteiger partial charge in [-0.25, -0.2) is 0 Å². The first-order valence-corrected chi connectivity index (χ1v) is 5.26. The Morgan fingerprint density at radius 2 is 1.94 bits per heavy atom.